The minimum absolute atomic E-state index is 0.455. The van der Waals surface area contributed by atoms with Crippen LogP contribution in [-0.4, -0.2) is 16.5 Å². The summed E-state index contributed by atoms with van der Waals surface area (Å²) in [5.74, 6) is 1.50. The highest BCUT2D eigenvalue weighted by molar-refractivity contribution is 8.00. The molecule has 1 rings (SSSR count). The van der Waals surface area contributed by atoms with Gasteiger partial charge in [-0.2, -0.15) is 11.8 Å². The van der Waals surface area contributed by atoms with Crippen LogP contribution in [0.4, 0.5) is 0 Å². The first-order chi connectivity index (χ1) is 6.02. The molecule has 13 heavy (non-hydrogen) atoms. The van der Waals surface area contributed by atoms with E-state index in [0.29, 0.717) is 12.0 Å². The fraction of sp³-hybridized carbons (Fsp3) is 1.00. The minimum Gasteiger partial charge on any atom is -0.327 e. The Hall–Kier alpha value is 0.310. The van der Waals surface area contributed by atoms with Crippen LogP contribution >= 0.6 is 11.8 Å². The smallest absolute Gasteiger partial charge is 0.00907 e. The summed E-state index contributed by atoms with van der Waals surface area (Å²) in [5, 5.41) is 1.59. The van der Waals surface area contributed by atoms with E-state index in [0.717, 1.165) is 16.4 Å². The van der Waals surface area contributed by atoms with Gasteiger partial charge in [0.15, 0.2) is 0 Å². The summed E-state index contributed by atoms with van der Waals surface area (Å²) in [6.07, 6.45) is 2.55. The largest absolute Gasteiger partial charge is 0.327 e. The van der Waals surface area contributed by atoms with Crippen molar-refractivity contribution in [2.24, 2.45) is 17.6 Å². The molecule has 0 bridgehead atoms. The lowest BCUT2D eigenvalue weighted by atomic mass is 10.1. The van der Waals surface area contributed by atoms with E-state index in [1.165, 1.54) is 12.8 Å². The molecule has 0 aromatic carbocycles. The van der Waals surface area contributed by atoms with Crippen molar-refractivity contribution in [1.29, 1.82) is 0 Å². The van der Waals surface area contributed by atoms with Crippen molar-refractivity contribution in [3.63, 3.8) is 0 Å². The van der Waals surface area contributed by atoms with E-state index in [-0.39, 0.29) is 0 Å². The first-order valence-electron chi connectivity index (χ1n) is 5.43. The maximum absolute atomic E-state index is 6.01. The van der Waals surface area contributed by atoms with Crippen molar-refractivity contribution in [2.45, 2.75) is 57.1 Å². The molecule has 0 saturated heterocycles. The van der Waals surface area contributed by atoms with Crippen LogP contribution in [0.2, 0.25) is 0 Å². The Labute approximate surface area is 86.8 Å². The van der Waals surface area contributed by atoms with Crippen LogP contribution in [-0.2, 0) is 0 Å². The fourth-order valence-corrected chi connectivity index (χ4v) is 3.37. The molecule has 1 fully saturated rings. The lowest BCUT2D eigenvalue weighted by molar-refractivity contribution is 0.532. The normalized spacial score (nSPS) is 36.9. The average Bonchev–Trinajstić information content (AvgIpc) is 2.36. The Kier molecular flexibility index (Phi) is 4.11. The molecule has 0 radical (unpaired) electrons. The summed E-state index contributed by atoms with van der Waals surface area (Å²) in [6.45, 7) is 9.25. The zero-order valence-electron chi connectivity index (χ0n) is 9.29. The van der Waals surface area contributed by atoms with E-state index in [1.807, 2.05) is 0 Å². The molecule has 0 aliphatic heterocycles. The number of hydrogen-bond donors (Lipinski definition) is 1. The number of hydrogen-bond acceptors (Lipinski definition) is 2. The second-order valence-electron chi connectivity index (χ2n) is 4.72. The molecular formula is C11H23NS. The zero-order chi connectivity index (χ0) is 10.0. The van der Waals surface area contributed by atoms with Crippen molar-refractivity contribution in [1.82, 2.24) is 0 Å². The summed E-state index contributed by atoms with van der Waals surface area (Å²) >= 11 is 2.15. The minimum atomic E-state index is 0.455. The molecule has 0 aromatic heterocycles. The molecule has 1 saturated carbocycles. The quantitative estimate of drug-likeness (QED) is 0.760. The molecule has 0 spiro atoms. The van der Waals surface area contributed by atoms with Crippen LogP contribution < -0.4 is 5.73 Å². The van der Waals surface area contributed by atoms with Crippen molar-refractivity contribution in [2.75, 3.05) is 0 Å². The van der Waals surface area contributed by atoms with E-state index in [2.05, 4.69) is 39.5 Å². The van der Waals surface area contributed by atoms with Crippen LogP contribution in [0, 0.1) is 11.8 Å². The van der Waals surface area contributed by atoms with E-state index in [9.17, 15) is 0 Å². The van der Waals surface area contributed by atoms with Gasteiger partial charge in [0.1, 0.15) is 0 Å². The Morgan fingerprint density at radius 1 is 1.23 bits per heavy atom. The molecule has 4 unspecified atom stereocenters. The molecule has 0 amide bonds. The van der Waals surface area contributed by atoms with Gasteiger partial charge >= 0.3 is 0 Å². The second-order valence-corrected chi connectivity index (χ2v) is 6.35. The monoisotopic (exact) mass is 201 g/mol. The van der Waals surface area contributed by atoms with Gasteiger partial charge in [-0.25, -0.2) is 0 Å². The molecule has 2 heteroatoms. The Morgan fingerprint density at radius 2 is 1.85 bits per heavy atom. The Balaban J connectivity index is 2.37. The lowest BCUT2D eigenvalue weighted by Crippen LogP contribution is -2.27. The highest BCUT2D eigenvalue weighted by Gasteiger charge is 2.31. The first kappa shape index (κ1) is 11.4. The summed E-state index contributed by atoms with van der Waals surface area (Å²) < 4.78 is 0. The Morgan fingerprint density at radius 3 is 2.23 bits per heavy atom. The lowest BCUT2D eigenvalue weighted by Gasteiger charge is -2.23. The predicted molar refractivity (Wildman–Crippen MR) is 62.1 cm³/mol. The van der Waals surface area contributed by atoms with Gasteiger partial charge in [-0.05, 0) is 24.7 Å². The van der Waals surface area contributed by atoms with Crippen molar-refractivity contribution in [3.05, 3.63) is 0 Å². The first-order valence-corrected chi connectivity index (χ1v) is 6.37. The molecule has 1 aliphatic rings. The van der Waals surface area contributed by atoms with Gasteiger partial charge in [-0.1, -0.05) is 27.7 Å². The van der Waals surface area contributed by atoms with E-state index in [4.69, 9.17) is 5.73 Å². The topological polar surface area (TPSA) is 26.0 Å². The Bertz CT molecular complexity index is 158. The van der Waals surface area contributed by atoms with Crippen LogP contribution in [0.25, 0.3) is 0 Å². The van der Waals surface area contributed by atoms with E-state index < -0.39 is 0 Å². The molecule has 2 N–H and O–H groups in total. The third kappa shape index (κ3) is 2.88. The standard InChI is InChI=1S/C11H23NS/c1-7(2)9(4)13-11-6-5-10(12)8(11)3/h7-11H,5-6,12H2,1-4H3. The van der Waals surface area contributed by atoms with E-state index >= 15 is 0 Å². The zero-order valence-corrected chi connectivity index (χ0v) is 10.1. The third-order valence-corrected chi connectivity index (χ3v) is 5.36. The summed E-state index contributed by atoms with van der Waals surface area (Å²) in [6, 6.07) is 0.455. The van der Waals surface area contributed by atoms with Gasteiger partial charge in [0.05, 0.1) is 0 Å². The molecule has 78 valence electrons. The summed E-state index contributed by atoms with van der Waals surface area (Å²) in [5.41, 5.74) is 6.01. The number of rotatable bonds is 3. The second kappa shape index (κ2) is 4.70. The van der Waals surface area contributed by atoms with Crippen LogP contribution in [0.3, 0.4) is 0 Å². The number of thioether (sulfide) groups is 1. The van der Waals surface area contributed by atoms with E-state index in [1.54, 1.807) is 0 Å². The molecule has 1 aliphatic carbocycles. The molecule has 0 aromatic rings. The number of nitrogens with two attached hydrogens (primary N) is 1. The van der Waals surface area contributed by atoms with Crippen LogP contribution in [0.1, 0.15) is 40.5 Å². The summed E-state index contributed by atoms with van der Waals surface area (Å²) in [4.78, 5) is 0. The molecule has 4 atom stereocenters. The van der Waals surface area contributed by atoms with Gasteiger partial charge in [0.25, 0.3) is 0 Å². The van der Waals surface area contributed by atoms with Gasteiger partial charge in [-0.15, -0.1) is 0 Å². The SMILES string of the molecule is CC(C)C(C)SC1CCC(N)C1C. The predicted octanol–water partition coefficient (Wildman–Crippen LogP) is 2.89. The van der Waals surface area contributed by atoms with Crippen LogP contribution in [0.5, 0.6) is 0 Å². The maximum Gasteiger partial charge on any atom is 0.00907 e. The van der Waals surface area contributed by atoms with Crippen molar-refractivity contribution < 1.29 is 0 Å². The molecule has 1 nitrogen and oxygen atoms in total. The fourth-order valence-electron chi connectivity index (χ4n) is 1.78. The van der Waals surface area contributed by atoms with Gasteiger partial charge < -0.3 is 5.73 Å². The highest BCUT2D eigenvalue weighted by Crippen LogP contribution is 2.37. The van der Waals surface area contributed by atoms with Crippen molar-refractivity contribution in [3.8, 4) is 0 Å². The maximum atomic E-state index is 6.01. The van der Waals surface area contributed by atoms with Gasteiger partial charge in [0.2, 0.25) is 0 Å². The highest BCUT2D eigenvalue weighted by atomic mass is 32.2. The van der Waals surface area contributed by atoms with Crippen LogP contribution in [0.15, 0.2) is 0 Å². The van der Waals surface area contributed by atoms with Gasteiger partial charge in [-0.3, -0.25) is 0 Å². The molecule has 0 heterocycles. The summed E-state index contributed by atoms with van der Waals surface area (Å²) in [7, 11) is 0. The van der Waals surface area contributed by atoms with Crippen molar-refractivity contribution >= 4 is 11.8 Å². The third-order valence-electron chi connectivity index (χ3n) is 3.37. The molecular weight excluding hydrogens is 178 g/mol. The van der Waals surface area contributed by atoms with Gasteiger partial charge in [0, 0.05) is 16.5 Å². The average molecular weight is 201 g/mol.